The molecule has 3 amide bonds. The molecular formula is C35H45N5O7S. The number of fused-ring (bicyclic) bond motifs is 1. The first kappa shape index (κ1) is 35.4. The van der Waals surface area contributed by atoms with Gasteiger partial charge in [-0.2, -0.15) is 0 Å². The highest BCUT2D eigenvalue weighted by atomic mass is 32.1. The Labute approximate surface area is 285 Å². The largest absolute Gasteiger partial charge is 0.491 e. The number of nitrogens with one attached hydrogen (secondary N) is 1. The van der Waals surface area contributed by atoms with Crippen molar-refractivity contribution in [3.05, 3.63) is 70.4 Å². The number of amides is 3. The molecule has 12 nitrogen and oxygen atoms in total. The fourth-order valence-corrected chi connectivity index (χ4v) is 7.03. The number of aromatic nitrogens is 1. The molecule has 1 saturated heterocycles. The summed E-state index contributed by atoms with van der Waals surface area (Å²) < 4.78 is 17.1. The first-order valence-corrected chi connectivity index (χ1v) is 17.2. The molecular weight excluding hydrogens is 634 g/mol. The van der Waals surface area contributed by atoms with E-state index in [1.807, 2.05) is 57.2 Å². The number of likely N-dealkylation sites (tertiary alicyclic amines) is 1. The number of carbonyl (C=O) groups excluding carboxylic acids is 3. The van der Waals surface area contributed by atoms with Gasteiger partial charge in [0.15, 0.2) is 0 Å². The Bertz CT molecular complexity index is 1580. The van der Waals surface area contributed by atoms with Crippen LogP contribution in [0.15, 0.2) is 48.0 Å². The van der Waals surface area contributed by atoms with Crippen molar-refractivity contribution in [2.45, 2.75) is 58.5 Å². The van der Waals surface area contributed by atoms with E-state index >= 15 is 0 Å². The van der Waals surface area contributed by atoms with E-state index in [1.54, 1.807) is 16.5 Å². The summed E-state index contributed by atoms with van der Waals surface area (Å²) in [4.78, 5) is 49.5. The molecule has 258 valence electrons. The van der Waals surface area contributed by atoms with Crippen LogP contribution in [0.1, 0.15) is 47.4 Å². The Morgan fingerprint density at radius 1 is 1.10 bits per heavy atom. The summed E-state index contributed by atoms with van der Waals surface area (Å²) in [5.41, 5.74) is 11.3. The molecule has 2 aliphatic rings. The van der Waals surface area contributed by atoms with E-state index in [-0.39, 0.29) is 49.8 Å². The van der Waals surface area contributed by atoms with Gasteiger partial charge in [0.25, 0.3) is 5.91 Å². The summed E-state index contributed by atoms with van der Waals surface area (Å²) in [6.07, 6.45) is -0.749. The van der Waals surface area contributed by atoms with Crippen LogP contribution < -0.4 is 15.8 Å². The second-order valence-corrected chi connectivity index (χ2v) is 13.2. The second kappa shape index (κ2) is 16.5. The summed E-state index contributed by atoms with van der Waals surface area (Å²) in [6, 6.07) is 11.5. The predicted octanol–water partition coefficient (Wildman–Crippen LogP) is 2.75. The molecule has 48 heavy (non-hydrogen) atoms. The third kappa shape index (κ3) is 8.21. The van der Waals surface area contributed by atoms with E-state index < -0.39 is 18.2 Å². The van der Waals surface area contributed by atoms with Gasteiger partial charge in [0, 0.05) is 43.7 Å². The lowest BCUT2D eigenvalue weighted by Crippen LogP contribution is -2.55. The van der Waals surface area contributed by atoms with Gasteiger partial charge in [-0.25, -0.2) is 4.98 Å². The number of aliphatic hydroxyl groups is 1. The van der Waals surface area contributed by atoms with Gasteiger partial charge in [-0.1, -0.05) is 44.2 Å². The number of ether oxygens (including phenoxy) is 3. The average Bonchev–Trinajstić information content (AvgIpc) is 3.78. The van der Waals surface area contributed by atoms with Gasteiger partial charge in [-0.15, -0.1) is 11.3 Å². The molecule has 2 aliphatic heterocycles. The highest BCUT2D eigenvalue weighted by molar-refractivity contribution is 7.13. The first-order valence-electron chi connectivity index (χ1n) is 16.4. The fourth-order valence-electron chi connectivity index (χ4n) is 6.23. The number of thiazole rings is 1. The van der Waals surface area contributed by atoms with Crippen LogP contribution in [-0.2, 0) is 32.2 Å². The molecule has 13 heteroatoms. The lowest BCUT2D eigenvalue weighted by molar-refractivity contribution is -0.143. The predicted molar refractivity (Wildman–Crippen MR) is 181 cm³/mol. The molecule has 3 heterocycles. The quantitative estimate of drug-likeness (QED) is 0.194. The van der Waals surface area contributed by atoms with Crippen molar-refractivity contribution in [2.24, 2.45) is 11.7 Å². The third-order valence-corrected chi connectivity index (χ3v) is 9.56. The summed E-state index contributed by atoms with van der Waals surface area (Å²) >= 11 is 1.54. The van der Waals surface area contributed by atoms with Crippen LogP contribution in [0.4, 0.5) is 0 Å². The minimum absolute atomic E-state index is 0.0175. The van der Waals surface area contributed by atoms with Gasteiger partial charge < -0.3 is 40.2 Å². The van der Waals surface area contributed by atoms with Crippen LogP contribution in [-0.4, -0.2) is 102 Å². The maximum Gasteiger partial charge on any atom is 0.255 e. The standard InChI is InChI=1S/C35H45N5O7S/c1-22(2)31(40-19-26-6-4-5-7-28(26)34(40)43)35(44)39-20-27(41)17-29(39)33(42)37-18-25-9-8-24(32-23(3)38-21-48-32)16-30(25)47-15-14-46-13-12-45-11-10-36/h4-9,16,21-22,27,29,31,41H,10-15,17-20,36H2,1-3H3,(H,37,42)/t27?,29?,31-/m0/s1. The van der Waals surface area contributed by atoms with Gasteiger partial charge in [0.1, 0.15) is 24.4 Å². The van der Waals surface area contributed by atoms with E-state index in [4.69, 9.17) is 19.9 Å². The monoisotopic (exact) mass is 679 g/mol. The van der Waals surface area contributed by atoms with E-state index in [9.17, 15) is 19.5 Å². The van der Waals surface area contributed by atoms with Gasteiger partial charge in [-0.05, 0) is 36.1 Å². The zero-order valence-corrected chi connectivity index (χ0v) is 28.5. The number of carbonyl (C=O) groups is 3. The SMILES string of the molecule is Cc1ncsc1-c1ccc(CNC(=O)C2CC(O)CN2C(=O)[C@H](C(C)C)N2Cc3ccccc3C2=O)c(OCCOCCOCCN)c1. The zero-order chi connectivity index (χ0) is 34.2. The van der Waals surface area contributed by atoms with Crippen LogP contribution >= 0.6 is 11.3 Å². The summed E-state index contributed by atoms with van der Waals surface area (Å²) in [5.74, 6) is -0.541. The molecule has 4 N–H and O–H groups in total. The van der Waals surface area contributed by atoms with Crippen molar-refractivity contribution >= 4 is 29.1 Å². The fraction of sp³-hybridized carbons (Fsp3) is 0.486. The number of rotatable bonds is 16. The summed E-state index contributed by atoms with van der Waals surface area (Å²) in [7, 11) is 0. The van der Waals surface area contributed by atoms with Crippen LogP contribution in [0.3, 0.4) is 0 Å². The maximum atomic E-state index is 14.1. The topological polar surface area (TPSA) is 157 Å². The van der Waals surface area contributed by atoms with Crippen LogP contribution in [0.2, 0.25) is 0 Å². The minimum atomic E-state index is -0.882. The van der Waals surface area contributed by atoms with Crippen molar-refractivity contribution in [3.8, 4) is 16.2 Å². The van der Waals surface area contributed by atoms with E-state index in [2.05, 4.69) is 10.3 Å². The second-order valence-electron chi connectivity index (χ2n) is 12.3. The summed E-state index contributed by atoms with van der Waals surface area (Å²) in [6.45, 7) is 8.66. The van der Waals surface area contributed by atoms with Crippen molar-refractivity contribution < 1.29 is 33.7 Å². The minimum Gasteiger partial charge on any atom is -0.491 e. The molecule has 0 aliphatic carbocycles. The molecule has 3 atom stereocenters. The highest BCUT2D eigenvalue weighted by Gasteiger charge is 2.45. The van der Waals surface area contributed by atoms with E-state index in [0.29, 0.717) is 50.8 Å². The molecule has 0 saturated carbocycles. The summed E-state index contributed by atoms with van der Waals surface area (Å²) in [5, 5.41) is 13.6. The van der Waals surface area contributed by atoms with Crippen LogP contribution in [0.25, 0.3) is 10.4 Å². The number of nitrogens with two attached hydrogens (primary N) is 1. The van der Waals surface area contributed by atoms with Crippen LogP contribution in [0.5, 0.6) is 5.75 Å². The number of hydrogen-bond donors (Lipinski definition) is 3. The maximum absolute atomic E-state index is 14.1. The Balaban J connectivity index is 1.26. The molecule has 1 aromatic heterocycles. The van der Waals surface area contributed by atoms with Gasteiger partial charge in [-0.3, -0.25) is 14.4 Å². The Morgan fingerprint density at radius 3 is 2.56 bits per heavy atom. The Morgan fingerprint density at radius 2 is 1.85 bits per heavy atom. The lowest BCUT2D eigenvalue weighted by atomic mass is 10.0. The van der Waals surface area contributed by atoms with Crippen molar-refractivity contribution in [1.82, 2.24) is 20.1 Å². The molecule has 3 aromatic rings. The molecule has 2 aromatic carbocycles. The third-order valence-electron chi connectivity index (χ3n) is 8.58. The lowest BCUT2D eigenvalue weighted by Gasteiger charge is -2.35. The van der Waals surface area contributed by atoms with Crippen LogP contribution in [0, 0.1) is 12.8 Å². The molecule has 2 unspecified atom stereocenters. The number of benzene rings is 2. The molecule has 5 rings (SSSR count). The number of aliphatic hydroxyl groups excluding tert-OH is 1. The van der Waals surface area contributed by atoms with Gasteiger partial charge >= 0.3 is 0 Å². The van der Waals surface area contributed by atoms with Crippen molar-refractivity contribution in [3.63, 3.8) is 0 Å². The number of hydrogen-bond acceptors (Lipinski definition) is 10. The number of β-amino-alcohol motifs (C(OH)–C–C–N with tert-alkyl or cyclic N) is 1. The van der Waals surface area contributed by atoms with E-state index in [1.165, 1.54) is 16.2 Å². The molecule has 0 spiro atoms. The van der Waals surface area contributed by atoms with Gasteiger partial charge in [0.2, 0.25) is 11.8 Å². The first-order chi connectivity index (χ1) is 23.2. The normalized spacial score (nSPS) is 18.0. The number of nitrogens with zero attached hydrogens (tertiary/aromatic N) is 3. The molecule has 0 radical (unpaired) electrons. The average molecular weight is 680 g/mol. The van der Waals surface area contributed by atoms with E-state index in [0.717, 1.165) is 27.3 Å². The molecule has 1 fully saturated rings. The smallest absolute Gasteiger partial charge is 0.255 e. The highest BCUT2D eigenvalue weighted by Crippen LogP contribution is 2.33. The number of aryl methyl sites for hydroxylation is 1. The Hall–Kier alpha value is -3.88. The molecule has 0 bridgehead atoms. The van der Waals surface area contributed by atoms with Crippen molar-refractivity contribution in [1.29, 1.82) is 0 Å². The zero-order valence-electron chi connectivity index (χ0n) is 27.7. The Kier molecular flexibility index (Phi) is 12.2. The van der Waals surface area contributed by atoms with Gasteiger partial charge in [0.05, 0.1) is 48.6 Å². The van der Waals surface area contributed by atoms with Crippen molar-refractivity contribution in [2.75, 3.05) is 46.1 Å².